The van der Waals surface area contributed by atoms with Gasteiger partial charge >= 0.3 is 0 Å². The molecular weight excluding hydrogens is 342 g/mol. The minimum Gasteiger partial charge on any atom is -0.306 e. The lowest BCUT2D eigenvalue weighted by Gasteiger charge is -2.34. The van der Waals surface area contributed by atoms with E-state index in [1.165, 1.54) is 84.0 Å². The van der Waals surface area contributed by atoms with E-state index in [9.17, 15) is 0 Å². The lowest BCUT2D eigenvalue weighted by atomic mass is 9.93. The van der Waals surface area contributed by atoms with E-state index in [1.54, 1.807) is 0 Å². The highest BCUT2D eigenvalue weighted by molar-refractivity contribution is 4.91. The van der Waals surface area contributed by atoms with Gasteiger partial charge in [0.2, 0.25) is 0 Å². The molecule has 4 aliphatic heterocycles. The molecule has 2 bridgehead atoms. The summed E-state index contributed by atoms with van der Waals surface area (Å²) in [5.74, 6) is 2.94. The van der Waals surface area contributed by atoms with Crippen molar-refractivity contribution in [2.24, 2.45) is 17.8 Å². The first kappa shape index (κ1) is 25.9. The molecule has 0 aromatic rings. The molecule has 0 saturated carbocycles. The predicted octanol–water partition coefficient (Wildman–Crippen LogP) is 5.60. The fourth-order valence-electron chi connectivity index (χ4n) is 5.23. The van der Waals surface area contributed by atoms with Crippen LogP contribution < -0.4 is 0 Å². The van der Waals surface area contributed by atoms with Gasteiger partial charge in [-0.25, -0.2) is 0 Å². The Morgan fingerprint density at radius 1 is 0.536 bits per heavy atom. The van der Waals surface area contributed by atoms with E-state index in [0.717, 1.165) is 29.8 Å². The smallest absolute Gasteiger partial charge is 0.00982 e. The van der Waals surface area contributed by atoms with Gasteiger partial charge in [0.15, 0.2) is 0 Å². The molecule has 4 saturated heterocycles. The fraction of sp³-hybridized carbons (Fsp3) is 1.00. The quantitative estimate of drug-likeness (QED) is 0.528. The summed E-state index contributed by atoms with van der Waals surface area (Å²) in [5.41, 5.74) is 0. The molecule has 2 unspecified atom stereocenters. The number of piperidine rings is 2. The van der Waals surface area contributed by atoms with Gasteiger partial charge in [-0.3, -0.25) is 0 Å². The van der Waals surface area contributed by atoms with Crippen molar-refractivity contribution < 1.29 is 0 Å². The zero-order chi connectivity index (χ0) is 19.8. The maximum absolute atomic E-state index is 2.60. The number of likely N-dealkylation sites (tertiary alicyclic amines) is 2. The first-order valence-corrected chi connectivity index (χ1v) is 11.9. The summed E-state index contributed by atoms with van der Waals surface area (Å²) >= 11 is 0. The van der Waals surface area contributed by atoms with Crippen molar-refractivity contribution in [3.63, 3.8) is 0 Å². The zero-order valence-electron chi connectivity index (χ0n) is 19.4. The highest BCUT2D eigenvalue weighted by atomic mass is 15.2. The summed E-state index contributed by atoms with van der Waals surface area (Å²) in [7, 11) is 6.72. The van der Waals surface area contributed by atoms with E-state index in [2.05, 4.69) is 56.6 Å². The van der Waals surface area contributed by atoms with Crippen molar-refractivity contribution in [1.82, 2.24) is 14.7 Å². The lowest BCUT2D eigenvalue weighted by molar-refractivity contribution is 0.142. The molecule has 28 heavy (non-hydrogen) atoms. The van der Waals surface area contributed by atoms with Crippen LogP contribution in [0, 0.1) is 17.8 Å². The second-order valence-electron chi connectivity index (χ2n) is 10.5. The standard InChI is InChI=1S/C9H17N.C8H17N.C7H15N.CH4/c1-7-5-8-3-4-9(6-7)10(8)2;1-8-4-3-6-9(2)7-5-8;1-7-3-5-8(2)6-4-7;/h7-9H,3-6H2,1-2H3;8H,3-7H2,1-2H3;7H,3-6H2,1-2H3;1H4/t;8-;;/m.0../s1. The Morgan fingerprint density at radius 3 is 1.46 bits per heavy atom. The second kappa shape index (κ2) is 13.2. The summed E-state index contributed by atoms with van der Waals surface area (Å²) in [4.78, 5) is 7.43. The van der Waals surface area contributed by atoms with Crippen LogP contribution in [-0.2, 0) is 0 Å². The average molecular weight is 396 g/mol. The fourth-order valence-corrected chi connectivity index (χ4v) is 5.23. The number of hydrogen-bond acceptors (Lipinski definition) is 3. The molecule has 0 amide bonds. The topological polar surface area (TPSA) is 9.72 Å². The Bertz CT molecular complexity index is 357. The van der Waals surface area contributed by atoms with Crippen molar-refractivity contribution in [1.29, 1.82) is 0 Å². The molecule has 0 aliphatic carbocycles. The molecule has 0 aromatic heterocycles. The van der Waals surface area contributed by atoms with E-state index in [1.807, 2.05) is 0 Å². The third kappa shape index (κ3) is 9.13. The van der Waals surface area contributed by atoms with Gasteiger partial charge in [-0.05, 0) is 123 Å². The van der Waals surface area contributed by atoms with Crippen molar-refractivity contribution in [2.75, 3.05) is 47.3 Å². The zero-order valence-corrected chi connectivity index (χ0v) is 19.4. The Balaban J connectivity index is 0.000000208. The number of hydrogen-bond donors (Lipinski definition) is 0. The average Bonchev–Trinajstić information content (AvgIpc) is 2.81. The third-order valence-electron chi connectivity index (χ3n) is 7.58. The van der Waals surface area contributed by atoms with Crippen LogP contribution in [0.1, 0.15) is 86.0 Å². The van der Waals surface area contributed by atoms with Gasteiger partial charge in [0.05, 0.1) is 0 Å². The van der Waals surface area contributed by atoms with Crippen LogP contribution in [0.4, 0.5) is 0 Å². The largest absolute Gasteiger partial charge is 0.306 e. The second-order valence-corrected chi connectivity index (χ2v) is 10.5. The number of rotatable bonds is 0. The number of fused-ring (bicyclic) bond motifs is 2. The summed E-state index contributed by atoms with van der Waals surface area (Å²) in [5, 5.41) is 0. The van der Waals surface area contributed by atoms with E-state index >= 15 is 0 Å². The molecule has 0 spiro atoms. The Labute approximate surface area is 178 Å². The Morgan fingerprint density at radius 2 is 0.964 bits per heavy atom. The summed E-state index contributed by atoms with van der Waals surface area (Å²) in [6, 6.07) is 1.88. The molecular formula is C25H53N3. The minimum atomic E-state index is 0. The molecule has 4 fully saturated rings. The maximum Gasteiger partial charge on any atom is 0.00982 e. The van der Waals surface area contributed by atoms with Crippen LogP contribution in [0.25, 0.3) is 0 Å². The first-order valence-electron chi connectivity index (χ1n) is 11.9. The van der Waals surface area contributed by atoms with Crippen LogP contribution in [0.3, 0.4) is 0 Å². The van der Waals surface area contributed by atoms with Gasteiger partial charge < -0.3 is 14.7 Å². The van der Waals surface area contributed by atoms with Crippen LogP contribution in [0.2, 0.25) is 0 Å². The first-order chi connectivity index (χ1) is 12.8. The Kier molecular flexibility index (Phi) is 12.3. The molecule has 4 heterocycles. The molecule has 4 aliphatic rings. The maximum atomic E-state index is 2.60. The van der Waals surface area contributed by atoms with E-state index in [-0.39, 0.29) is 7.43 Å². The highest BCUT2D eigenvalue weighted by Gasteiger charge is 2.36. The van der Waals surface area contributed by atoms with Crippen LogP contribution in [0.5, 0.6) is 0 Å². The van der Waals surface area contributed by atoms with Crippen molar-refractivity contribution in [2.45, 2.75) is 98.1 Å². The molecule has 0 N–H and O–H groups in total. The van der Waals surface area contributed by atoms with Crippen LogP contribution in [-0.4, -0.2) is 74.1 Å². The third-order valence-corrected chi connectivity index (χ3v) is 7.58. The summed E-state index contributed by atoms with van der Waals surface area (Å²) < 4.78 is 0. The summed E-state index contributed by atoms with van der Waals surface area (Å²) in [6.07, 6.45) is 12.9. The SMILES string of the molecule is C.CC1CC2CCC(C1)N2C.CC1CCN(C)CC1.C[C@H]1CCCN(C)CC1. The number of nitrogens with zero attached hydrogens (tertiary/aromatic N) is 3. The predicted molar refractivity (Wildman–Crippen MR) is 126 cm³/mol. The molecule has 168 valence electrons. The lowest BCUT2D eigenvalue weighted by Crippen LogP contribution is -2.39. The van der Waals surface area contributed by atoms with Crippen molar-refractivity contribution in [3.05, 3.63) is 0 Å². The van der Waals surface area contributed by atoms with E-state index < -0.39 is 0 Å². The molecule has 3 heteroatoms. The van der Waals surface area contributed by atoms with Gasteiger partial charge in [0.1, 0.15) is 0 Å². The highest BCUT2D eigenvalue weighted by Crippen LogP contribution is 2.36. The van der Waals surface area contributed by atoms with Crippen LogP contribution >= 0.6 is 0 Å². The molecule has 0 aromatic carbocycles. The van der Waals surface area contributed by atoms with Crippen molar-refractivity contribution in [3.8, 4) is 0 Å². The molecule has 4 rings (SSSR count). The minimum absolute atomic E-state index is 0. The molecule has 3 nitrogen and oxygen atoms in total. The van der Waals surface area contributed by atoms with Crippen LogP contribution in [0.15, 0.2) is 0 Å². The Hall–Kier alpha value is -0.120. The van der Waals surface area contributed by atoms with E-state index in [0.29, 0.717) is 0 Å². The van der Waals surface area contributed by atoms with Gasteiger partial charge in [0, 0.05) is 12.1 Å². The molecule has 0 radical (unpaired) electrons. The van der Waals surface area contributed by atoms with E-state index in [4.69, 9.17) is 0 Å². The van der Waals surface area contributed by atoms with Crippen molar-refractivity contribution >= 4 is 0 Å². The summed E-state index contributed by atoms with van der Waals surface area (Å²) in [6.45, 7) is 12.3. The van der Waals surface area contributed by atoms with Gasteiger partial charge in [-0.15, -0.1) is 0 Å². The van der Waals surface area contributed by atoms with Gasteiger partial charge in [0.25, 0.3) is 0 Å². The molecule has 3 atom stereocenters. The monoisotopic (exact) mass is 395 g/mol. The normalized spacial score (nSPS) is 34.9. The van der Waals surface area contributed by atoms with Gasteiger partial charge in [-0.2, -0.15) is 0 Å². The van der Waals surface area contributed by atoms with Gasteiger partial charge in [-0.1, -0.05) is 28.2 Å².